The molecule has 0 aliphatic carbocycles. The van der Waals surface area contributed by atoms with E-state index in [0.717, 1.165) is 0 Å². The lowest BCUT2D eigenvalue weighted by atomic mass is 10.1. The molecule has 0 bridgehead atoms. The third kappa shape index (κ3) is 2.29. The average molecular weight is 302 g/mol. The van der Waals surface area contributed by atoms with E-state index >= 15 is 0 Å². The van der Waals surface area contributed by atoms with E-state index in [1.807, 2.05) is 0 Å². The van der Waals surface area contributed by atoms with Gasteiger partial charge in [0.05, 0.1) is 9.50 Å². The van der Waals surface area contributed by atoms with Crippen LogP contribution in [-0.2, 0) is 4.74 Å². The first kappa shape index (κ1) is 10.7. The summed E-state index contributed by atoms with van der Waals surface area (Å²) in [7, 11) is 0. The molecule has 0 aromatic heterocycles. The molecule has 1 rings (SSSR count). The molecule has 1 unspecified atom stereocenters. The maximum atomic E-state index is 9.42. The van der Waals surface area contributed by atoms with E-state index in [-0.39, 0.29) is 6.10 Å². The smallest absolute Gasteiger partial charge is 0.112 e. The third-order valence-corrected chi connectivity index (χ3v) is 2.36. The highest BCUT2D eigenvalue weighted by molar-refractivity contribution is 9.28. The van der Waals surface area contributed by atoms with Crippen LogP contribution in [0.5, 0.6) is 0 Å². The predicted molar refractivity (Wildman–Crippen MR) is 52.3 cm³/mol. The van der Waals surface area contributed by atoms with Gasteiger partial charge in [-0.05, 0) is 44.9 Å². The quantitative estimate of drug-likeness (QED) is 0.763. The highest BCUT2D eigenvalue weighted by Crippen LogP contribution is 2.25. The van der Waals surface area contributed by atoms with Gasteiger partial charge >= 0.3 is 0 Å². The van der Waals surface area contributed by atoms with Gasteiger partial charge in [-0.25, -0.2) is 0 Å². The van der Waals surface area contributed by atoms with Gasteiger partial charge in [-0.2, -0.15) is 0 Å². The Hall–Kier alpha value is 0.580. The minimum atomic E-state index is -0.842. The molecule has 1 saturated heterocycles. The molecule has 4 atom stereocenters. The Kier molecular flexibility index (Phi) is 3.73. The van der Waals surface area contributed by atoms with Gasteiger partial charge in [-0.1, -0.05) is 0 Å². The minimum absolute atomic E-state index is 0.319. The number of ether oxygens (including phenoxy) is 1. The number of hydrogen-bond acceptors (Lipinski definition) is 3. The van der Waals surface area contributed by atoms with Crippen LogP contribution in [0.2, 0.25) is 0 Å². The summed E-state index contributed by atoms with van der Waals surface area (Å²) >= 11 is 6.31. The number of hydrogen-bond donors (Lipinski definition) is 2. The van der Waals surface area contributed by atoms with Gasteiger partial charge in [0, 0.05) is 0 Å². The molecule has 70 valence electrons. The lowest BCUT2D eigenvalue weighted by Gasteiger charge is -2.09. The first-order chi connectivity index (χ1) is 5.52. The summed E-state index contributed by atoms with van der Waals surface area (Å²) < 4.78 is 5.97. The Morgan fingerprint density at radius 1 is 1.33 bits per heavy atom. The fraction of sp³-hybridized carbons (Fsp3) is 0.714. The van der Waals surface area contributed by atoms with Gasteiger partial charge in [-0.3, -0.25) is 0 Å². The molecule has 12 heavy (non-hydrogen) atoms. The zero-order valence-corrected chi connectivity index (χ0v) is 9.62. The van der Waals surface area contributed by atoms with Crippen LogP contribution in [0, 0.1) is 0 Å². The molecule has 0 aromatic carbocycles. The topological polar surface area (TPSA) is 49.7 Å². The Labute approximate surface area is 87.7 Å². The summed E-state index contributed by atoms with van der Waals surface area (Å²) in [5.74, 6) is 0. The van der Waals surface area contributed by atoms with Crippen molar-refractivity contribution in [3.8, 4) is 0 Å². The van der Waals surface area contributed by atoms with Crippen LogP contribution in [0.3, 0.4) is 0 Å². The average Bonchev–Trinajstić information content (AvgIpc) is 2.17. The molecule has 0 saturated carbocycles. The highest BCUT2D eigenvalue weighted by atomic mass is 79.9. The van der Waals surface area contributed by atoms with Crippen LogP contribution >= 0.6 is 31.9 Å². The molecule has 1 aliphatic rings. The molecule has 0 aromatic rings. The van der Waals surface area contributed by atoms with E-state index in [0.29, 0.717) is 3.39 Å². The van der Waals surface area contributed by atoms with Gasteiger partial charge in [0.2, 0.25) is 0 Å². The summed E-state index contributed by atoms with van der Waals surface area (Å²) in [6.07, 6.45) is -0.739. The molecule has 0 amide bonds. The zero-order valence-electron chi connectivity index (χ0n) is 6.45. The summed E-state index contributed by atoms with van der Waals surface area (Å²) in [6, 6.07) is 0. The molecule has 3 nitrogen and oxygen atoms in total. The molecule has 1 aliphatic heterocycles. The second kappa shape index (κ2) is 4.19. The van der Waals surface area contributed by atoms with Gasteiger partial charge in [-0.15, -0.1) is 0 Å². The first-order valence-corrected chi connectivity index (χ1v) is 5.15. The fourth-order valence-corrected chi connectivity index (χ4v) is 1.66. The fourth-order valence-electron chi connectivity index (χ4n) is 1.14. The second-order valence-corrected chi connectivity index (χ2v) is 5.52. The molecule has 0 radical (unpaired) electrons. The van der Waals surface area contributed by atoms with Crippen molar-refractivity contribution in [2.24, 2.45) is 0 Å². The zero-order chi connectivity index (χ0) is 9.30. The van der Waals surface area contributed by atoms with Gasteiger partial charge in [0.1, 0.15) is 18.3 Å². The van der Waals surface area contributed by atoms with Crippen molar-refractivity contribution in [3.63, 3.8) is 0 Å². The van der Waals surface area contributed by atoms with Crippen LogP contribution in [0.4, 0.5) is 0 Å². The van der Waals surface area contributed by atoms with E-state index in [1.165, 1.54) is 0 Å². The van der Waals surface area contributed by atoms with Crippen LogP contribution in [0.25, 0.3) is 0 Å². The number of rotatable bonds is 1. The highest BCUT2D eigenvalue weighted by Gasteiger charge is 2.38. The maximum Gasteiger partial charge on any atom is 0.112 e. The van der Waals surface area contributed by atoms with E-state index in [4.69, 9.17) is 4.74 Å². The largest absolute Gasteiger partial charge is 0.388 e. The van der Waals surface area contributed by atoms with Gasteiger partial charge in [0.15, 0.2) is 0 Å². The van der Waals surface area contributed by atoms with Crippen molar-refractivity contribution < 1.29 is 14.9 Å². The van der Waals surface area contributed by atoms with Crippen molar-refractivity contribution >= 4 is 31.9 Å². The predicted octanol–water partition coefficient (Wildman–Crippen LogP) is 1.13. The Morgan fingerprint density at radius 3 is 2.25 bits per heavy atom. The minimum Gasteiger partial charge on any atom is -0.388 e. The molecule has 0 spiro atoms. The monoisotopic (exact) mass is 300 g/mol. The first-order valence-electron chi connectivity index (χ1n) is 3.57. The van der Waals surface area contributed by atoms with Crippen molar-refractivity contribution in [1.29, 1.82) is 0 Å². The second-order valence-electron chi connectivity index (χ2n) is 2.74. The van der Waals surface area contributed by atoms with Crippen LogP contribution in [0.15, 0.2) is 9.47 Å². The van der Waals surface area contributed by atoms with E-state index in [1.54, 1.807) is 13.0 Å². The van der Waals surface area contributed by atoms with Crippen molar-refractivity contribution in [3.05, 3.63) is 9.47 Å². The van der Waals surface area contributed by atoms with Crippen molar-refractivity contribution in [1.82, 2.24) is 0 Å². The lowest BCUT2D eigenvalue weighted by molar-refractivity contribution is 0.0316. The summed E-state index contributed by atoms with van der Waals surface area (Å²) in [5, 5.41) is 18.7. The van der Waals surface area contributed by atoms with Gasteiger partial charge < -0.3 is 14.9 Å². The van der Waals surface area contributed by atoms with Crippen LogP contribution in [-0.4, -0.2) is 34.6 Å². The van der Waals surface area contributed by atoms with E-state index in [9.17, 15) is 10.2 Å². The van der Waals surface area contributed by atoms with Crippen molar-refractivity contribution in [2.75, 3.05) is 0 Å². The molecule has 5 heteroatoms. The van der Waals surface area contributed by atoms with Crippen molar-refractivity contribution in [2.45, 2.75) is 31.3 Å². The van der Waals surface area contributed by atoms with E-state index < -0.39 is 18.3 Å². The Bertz CT molecular complexity index is 191. The summed E-state index contributed by atoms with van der Waals surface area (Å²) in [6.45, 7) is 1.73. The molecule has 2 N–H and O–H groups in total. The number of aliphatic hydroxyl groups is 2. The maximum absolute atomic E-state index is 9.42. The molecule has 1 fully saturated rings. The Morgan fingerprint density at radius 2 is 1.92 bits per heavy atom. The van der Waals surface area contributed by atoms with Gasteiger partial charge in [0.25, 0.3) is 0 Å². The van der Waals surface area contributed by atoms with E-state index in [2.05, 4.69) is 31.9 Å². The molecular formula is C7H10Br2O3. The lowest BCUT2D eigenvalue weighted by Crippen LogP contribution is -2.30. The standard InChI is InChI=1S/C7H10Br2O3/c1-3-6(10)7(11)4(12-3)2-5(8)9/h2-4,6-7,10-11H,1H3/t3-,4+,6?,7-/m0/s1. The number of aliphatic hydroxyl groups excluding tert-OH is 2. The number of halogens is 2. The molecule has 1 heterocycles. The SMILES string of the molecule is C[C@@H]1O[C@H](C=C(Br)Br)[C@H](O)C1O. The summed E-state index contributed by atoms with van der Waals surface area (Å²) in [5.41, 5.74) is 0. The van der Waals surface area contributed by atoms with Crippen LogP contribution < -0.4 is 0 Å². The Balaban J connectivity index is 2.65. The third-order valence-electron chi connectivity index (χ3n) is 1.83. The molecular weight excluding hydrogens is 292 g/mol. The normalized spacial score (nSPS) is 41.4. The summed E-state index contributed by atoms with van der Waals surface area (Å²) in [4.78, 5) is 0. The van der Waals surface area contributed by atoms with Crippen LogP contribution in [0.1, 0.15) is 6.92 Å².